The Morgan fingerprint density at radius 1 is 0.889 bits per heavy atom. The lowest BCUT2D eigenvalue weighted by Crippen LogP contribution is -1.89. The van der Waals surface area contributed by atoms with Crippen LogP contribution in [0.4, 0.5) is 0 Å². The smallest absolute Gasteiger partial charge is 0.135 e. The molecule has 6 rings (SSSR count). The number of aryl methyl sites for hydroxylation is 2. The normalized spacial score (nSPS) is 13.7. The topological polar surface area (TPSA) is 18.1 Å². The molecule has 130 valence electrons. The molecule has 3 aromatic carbocycles. The van der Waals surface area contributed by atoms with Crippen LogP contribution in [0.25, 0.3) is 50.0 Å². The Morgan fingerprint density at radius 2 is 1.78 bits per heavy atom. The first-order valence-corrected chi connectivity index (χ1v) is 9.50. The van der Waals surface area contributed by atoms with Crippen LogP contribution in [-0.2, 0) is 13.5 Å². The summed E-state index contributed by atoms with van der Waals surface area (Å²) >= 11 is 0. The number of benzene rings is 3. The molecule has 2 nitrogen and oxygen atoms in total. The predicted molar refractivity (Wildman–Crippen MR) is 113 cm³/mol. The van der Waals surface area contributed by atoms with Crippen molar-refractivity contribution < 1.29 is 4.42 Å². The monoisotopic (exact) mass is 349 g/mol. The summed E-state index contributed by atoms with van der Waals surface area (Å²) in [6, 6.07) is 21.8. The lowest BCUT2D eigenvalue weighted by atomic mass is 9.95. The molecule has 0 saturated carbocycles. The predicted octanol–water partition coefficient (Wildman–Crippen LogP) is 6.70. The average molecular weight is 349 g/mol. The molecule has 27 heavy (non-hydrogen) atoms. The van der Waals surface area contributed by atoms with E-state index in [2.05, 4.69) is 84.4 Å². The number of aromatic nitrogens is 1. The van der Waals surface area contributed by atoms with Crippen molar-refractivity contribution in [3.63, 3.8) is 0 Å². The van der Waals surface area contributed by atoms with Crippen LogP contribution >= 0.6 is 0 Å². The van der Waals surface area contributed by atoms with Crippen molar-refractivity contribution >= 4 is 38.9 Å². The van der Waals surface area contributed by atoms with E-state index in [0.717, 1.165) is 24.2 Å². The first-order valence-electron chi connectivity index (χ1n) is 9.50. The van der Waals surface area contributed by atoms with Gasteiger partial charge in [-0.15, -0.1) is 0 Å². The summed E-state index contributed by atoms with van der Waals surface area (Å²) in [5.41, 5.74) is 7.27. The highest BCUT2D eigenvalue weighted by atomic mass is 16.3. The summed E-state index contributed by atoms with van der Waals surface area (Å²) < 4.78 is 8.43. The molecule has 0 aliphatic heterocycles. The fraction of sp³-hybridized carbons (Fsp3) is 0.120. The second-order valence-corrected chi connectivity index (χ2v) is 7.37. The van der Waals surface area contributed by atoms with Gasteiger partial charge in [0.1, 0.15) is 11.3 Å². The molecule has 1 aliphatic rings. The van der Waals surface area contributed by atoms with Crippen molar-refractivity contribution in [3.8, 4) is 11.1 Å². The number of rotatable bonds is 1. The minimum absolute atomic E-state index is 0.988. The SMILES string of the molecule is Cn1c2ccccc2c2cc(-c3cccc4oc5c(c34)C=CCC5)ccc21. The van der Waals surface area contributed by atoms with E-state index in [1.54, 1.807) is 0 Å². The number of nitrogens with zero attached hydrogens (tertiary/aromatic N) is 1. The molecule has 0 amide bonds. The number of allylic oxidation sites excluding steroid dienone is 1. The van der Waals surface area contributed by atoms with E-state index < -0.39 is 0 Å². The third kappa shape index (κ3) is 2.01. The van der Waals surface area contributed by atoms with Gasteiger partial charge in [-0.3, -0.25) is 0 Å². The molecule has 0 N–H and O–H groups in total. The Kier molecular flexibility index (Phi) is 2.96. The van der Waals surface area contributed by atoms with Crippen LogP contribution in [0.3, 0.4) is 0 Å². The summed E-state index contributed by atoms with van der Waals surface area (Å²) in [7, 11) is 2.14. The fourth-order valence-electron chi connectivity index (χ4n) is 4.57. The van der Waals surface area contributed by atoms with Gasteiger partial charge in [-0.2, -0.15) is 0 Å². The summed E-state index contributed by atoms with van der Waals surface area (Å²) in [5.74, 6) is 1.12. The zero-order chi connectivity index (χ0) is 18.0. The Morgan fingerprint density at radius 3 is 2.74 bits per heavy atom. The van der Waals surface area contributed by atoms with Gasteiger partial charge in [0.25, 0.3) is 0 Å². The highest BCUT2D eigenvalue weighted by Crippen LogP contribution is 2.39. The van der Waals surface area contributed by atoms with Crippen molar-refractivity contribution in [2.45, 2.75) is 12.8 Å². The fourth-order valence-corrected chi connectivity index (χ4v) is 4.57. The minimum Gasteiger partial charge on any atom is -0.460 e. The van der Waals surface area contributed by atoms with Crippen LogP contribution in [0.2, 0.25) is 0 Å². The van der Waals surface area contributed by atoms with Crippen molar-refractivity contribution in [2.75, 3.05) is 0 Å². The van der Waals surface area contributed by atoms with Crippen molar-refractivity contribution in [2.24, 2.45) is 7.05 Å². The minimum atomic E-state index is 0.988. The van der Waals surface area contributed by atoms with Gasteiger partial charge < -0.3 is 8.98 Å². The van der Waals surface area contributed by atoms with Gasteiger partial charge in [0.15, 0.2) is 0 Å². The molecule has 0 bridgehead atoms. The van der Waals surface area contributed by atoms with Crippen molar-refractivity contribution in [3.05, 3.63) is 78.1 Å². The Bertz CT molecular complexity index is 1380. The Labute approximate surface area is 157 Å². The number of fused-ring (bicyclic) bond motifs is 6. The van der Waals surface area contributed by atoms with Crippen LogP contribution in [0.5, 0.6) is 0 Å². The lowest BCUT2D eigenvalue weighted by Gasteiger charge is -2.07. The second kappa shape index (κ2) is 5.37. The second-order valence-electron chi connectivity index (χ2n) is 7.37. The molecular formula is C25H19NO. The van der Waals surface area contributed by atoms with Gasteiger partial charge in [-0.1, -0.05) is 48.6 Å². The van der Waals surface area contributed by atoms with Crippen LogP contribution < -0.4 is 0 Å². The van der Waals surface area contributed by atoms with Gasteiger partial charge in [0.05, 0.1) is 0 Å². The van der Waals surface area contributed by atoms with E-state index in [4.69, 9.17) is 4.42 Å². The molecule has 0 spiro atoms. The van der Waals surface area contributed by atoms with E-state index in [1.807, 2.05) is 0 Å². The van der Waals surface area contributed by atoms with Crippen LogP contribution in [0.15, 0.2) is 71.2 Å². The molecule has 0 unspecified atom stereocenters. The average Bonchev–Trinajstić information content (AvgIpc) is 3.24. The van der Waals surface area contributed by atoms with Gasteiger partial charge in [0, 0.05) is 46.2 Å². The van der Waals surface area contributed by atoms with Gasteiger partial charge in [-0.05, 0) is 41.8 Å². The summed E-state index contributed by atoms with van der Waals surface area (Å²) in [4.78, 5) is 0. The van der Waals surface area contributed by atoms with E-state index in [-0.39, 0.29) is 0 Å². The van der Waals surface area contributed by atoms with Crippen molar-refractivity contribution in [1.29, 1.82) is 0 Å². The first-order chi connectivity index (χ1) is 13.3. The summed E-state index contributed by atoms with van der Waals surface area (Å²) in [6.07, 6.45) is 6.53. The van der Waals surface area contributed by atoms with E-state index in [1.165, 1.54) is 43.9 Å². The van der Waals surface area contributed by atoms with Gasteiger partial charge in [-0.25, -0.2) is 0 Å². The lowest BCUT2D eigenvalue weighted by molar-refractivity contribution is 0.546. The molecule has 0 saturated heterocycles. The number of hydrogen-bond donors (Lipinski definition) is 0. The van der Waals surface area contributed by atoms with E-state index in [0.29, 0.717) is 0 Å². The highest BCUT2D eigenvalue weighted by Gasteiger charge is 2.18. The number of furan rings is 1. The summed E-state index contributed by atoms with van der Waals surface area (Å²) in [6.45, 7) is 0. The zero-order valence-electron chi connectivity index (χ0n) is 15.2. The number of para-hydroxylation sites is 1. The Hall–Kier alpha value is -3.26. The molecular weight excluding hydrogens is 330 g/mol. The number of hydrogen-bond acceptors (Lipinski definition) is 1. The largest absolute Gasteiger partial charge is 0.460 e. The summed E-state index contributed by atoms with van der Waals surface area (Å²) in [5, 5.41) is 3.84. The maximum absolute atomic E-state index is 6.16. The molecule has 2 aromatic heterocycles. The van der Waals surface area contributed by atoms with Crippen molar-refractivity contribution in [1.82, 2.24) is 4.57 Å². The maximum atomic E-state index is 6.16. The van der Waals surface area contributed by atoms with Gasteiger partial charge in [0.2, 0.25) is 0 Å². The molecule has 0 atom stereocenters. The third-order valence-electron chi connectivity index (χ3n) is 5.88. The highest BCUT2D eigenvalue weighted by molar-refractivity contribution is 6.10. The molecule has 0 fully saturated rings. The van der Waals surface area contributed by atoms with E-state index in [9.17, 15) is 0 Å². The van der Waals surface area contributed by atoms with Crippen LogP contribution in [0.1, 0.15) is 17.7 Å². The standard InChI is InChI=1S/C25H19NO/c1-26-21-10-4-2-7-18(21)20-15-16(13-14-22(20)26)17-9-6-12-24-25(17)19-8-3-5-11-23(19)27-24/h2-4,6-10,12-15H,5,11H2,1H3. The van der Waals surface area contributed by atoms with E-state index >= 15 is 0 Å². The quantitative estimate of drug-likeness (QED) is 0.329. The maximum Gasteiger partial charge on any atom is 0.135 e. The van der Waals surface area contributed by atoms with Crippen LogP contribution in [0, 0.1) is 0 Å². The molecule has 2 heterocycles. The van der Waals surface area contributed by atoms with Crippen LogP contribution in [-0.4, -0.2) is 4.57 Å². The third-order valence-corrected chi connectivity index (χ3v) is 5.88. The Balaban J connectivity index is 1.68. The molecule has 1 aliphatic carbocycles. The zero-order valence-corrected chi connectivity index (χ0v) is 15.2. The molecule has 0 radical (unpaired) electrons. The molecule has 5 aromatic rings. The molecule has 2 heteroatoms. The van der Waals surface area contributed by atoms with Gasteiger partial charge >= 0.3 is 0 Å². The first kappa shape index (κ1) is 14.9.